The van der Waals surface area contributed by atoms with Crippen molar-refractivity contribution >= 4 is 5.91 Å². The maximum atomic E-state index is 12.7. The Morgan fingerprint density at radius 3 is 2.56 bits per heavy atom. The van der Waals surface area contributed by atoms with Crippen LogP contribution in [0.4, 0.5) is 0 Å². The molecule has 0 spiro atoms. The lowest BCUT2D eigenvalue weighted by atomic mass is 10.0. The zero-order chi connectivity index (χ0) is 18.0. The number of aliphatic hydroxyl groups excluding tert-OH is 1. The Hall–Kier alpha value is -2.14. The number of carbonyl (C=O) groups is 1. The van der Waals surface area contributed by atoms with Gasteiger partial charge in [0, 0.05) is 18.0 Å². The minimum absolute atomic E-state index is 0.0958. The highest BCUT2D eigenvalue weighted by atomic mass is 16.3. The number of benzene rings is 1. The third-order valence-electron chi connectivity index (χ3n) is 4.67. The van der Waals surface area contributed by atoms with Gasteiger partial charge in [0.15, 0.2) is 0 Å². The van der Waals surface area contributed by atoms with Gasteiger partial charge in [-0.1, -0.05) is 30.3 Å². The Labute approximate surface area is 149 Å². The molecule has 3 rings (SSSR count). The van der Waals surface area contributed by atoms with Gasteiger partial charge in [0.25, 0.3) is 5.91 Å². The number of nitrogens with one attached hydrogen (secondary N) is 1. The summed E-state index contributed by atoms with van der Waals surface area (Å²) in [7, 11) is 0. The van der Waals surface area contributed by atoms with Crippen LogP contribution in [0.25, 0.3) is 0 Å². The second-order valence-corrected chi connectivity index (χ2v) is 7.29. The molecule has 1 aliphatic carbocycles. The van der Waals surface area contributed by atoms with Crippen LogP contribution in [0.15, 0.2) is 36.5 Å². The van der Waals surface area contributed by atoms with E-state index < -0.39 is 6.10 Å². The van der Waals surface area contributed by atoms with Crippen LogP contribution < -0.4 is 5.32 Å². The van der Waals surface area contributed by atoms with Crippen molar-refractivity contribution in [3.8, 4) is 0 Å². The molecule has 1 aromatic heterocycles. The average Bonchev–Trinajstić information content (AvgIpc) is 3.32. The van der Waals surface area contributed by atoms with Crippen molar-refractivity contribution in [3.05, 3.63) is 53.3 Å². The highest BCUT2D eigenvalue weighted by Gasteiger charge is 2.33. The van der Waals surface area contributed by atoms with Gasteiger partial charge >= 0.3 is 0 Å². The van der Waals surface area contributed by atoms with Crippen LogP contribution in [-0.4, -0.2) is 26.8 Å². The number of carbonyl (C=O) groups excluding carboxylic acids is 1. The first-order chi connectivity index (χ1) is 12.0. The van der Waals surface area contributed by atoms with E-state index in [-0.39, 0.29) is 18.0 Å². The molecule has 5 heteroatoms. The molecule has 1 heterocycles. The third-order valence-corrected chi connectivity index (χ3v) is 4.67. The van der Waals surface area contributed by atoms with E-state index in [1.165, 1.54) is 0 Å². The average molecular weight is 341 g/mol. The van der Waals surface area contributed by atoms with E-state index >= 15 is 0 Å². The Bertz CT molecular complexity index is 720. The number of nitrogens with zero attached hydrogens (tertiary/aromatic N) is 2. The summed E-state index contributed by atoms with van der Waals surface area (Å²) in [6.45, 7) is 6.09. The molecule has 2 N–H and O–H groups in total. The van der Waals surface area contributed by atoms with Gasteiger partial charge in [-0.15, -0.1) is 0 Å². The van der Waals surface area contributed by atoms with Crippen molar-refractivity contribution in [1.82, 2.24) is 15.1 Å². The molecule has 1 saturated carbocycles. The monoisotopic (exact) mass is 341 g/mol. The SMILES string of the molecule is CC(CC(O)c1ccccc1)NC(=O)c1cnn(C(C)C)c1C1CC1. The first kappa shape index (κ1) is 17.7. The first-order valence-electron chi connectivity index (χ1n) is 9.08. The van der Waals surface area contributed by atoms with Crippen LogP contribution >= 0.6 is 0 Å². The lowest BCUT2D eigenvalue weighted by molar-refractivity contribution is 0.0915. The highest BCUT2D eigenvalue weighted by molar-refractivity contribution is 5.95. The minimum atomic E-state index is -0.585. The molecule has 2 atom stereocenters. The van der Waals surface area contributed by atoms with Gasteiger partial charge in [0.2, 0.25) is 0 Å². The maximum Gasteiger partial charge on any atom is 0.254 e. The molecule has 0 aliphatic heterocycles. The lowest BCUT2D eigenvalue weighted by Crippen LogP contribution is -2.34. The van der Waals surface area contributed by atoms with Crippen molar-refractivity contribution in [2.75, 3.05) is 0 Å². The van der Waals surface area contributed by atoms with Gasteiger partial charge in [0.05, 0.1) is 23.6 Å². The number of aromatic nitrogens is 2. The van der Waals surface area contributed by atoms with Crippen LogP contribution in [0.2, 0.25) is 0 Å². The molecular weight excluding hydrogens is 314 g/mol. The maximum absolute atomic E-state index is 12.7. The molecule has 1 aromatic carbocycles. The first-order valence-corrected chi connectivity index (χ1v) is 9.08. The molecule has 0 bridgehead atoms. The molecule has 0 radical (unpaired) electrons. The second kappa shape index (κ2) is 7.40. The van der Waals surface area contributed by atoms with Crippen LogP contribution in [0, 0.1) is 0 Å². The Balaban J connectivity index is 1.66. The number of amides is 1. The van der Waals surface area contributed by atoms with Crippen LogP contribution in [-0.2, 0) is 0 Å². The molecule has 0 saturated heterocycles. The van der Waals surface area contributed by atoms with Gasteiger partial charge < -0.3 is 10.4 Å². The van der Waals surface area contributed by atoms with Gasteiger partial charge in [0.1, 0.15) is 0 Å². The quantitative estimate of drug-likeness (QED) is 0.809. The summed E-state index contributed by atoms with van der Waals surface area (Å²) in [5, 5.41) is 17.8. The normalized spacial score (nSPS) is 16.7. The van der Waals surface area contributed by atoms with Gasteiger partial charge in [-0.2, -0.15) is 5.10 Å². The fraction of sp³-hybridized carbons (Fsp3) is 0.500. The number of hydrogen-bond acceptors (Lipinski definition) is 3. The summed E-state index contributed by atoms with van der Waals surface area (Å²) in [6.07, 6.45) is 3.83. The highest BCUT2D eigenvalue weighted by Crippen LogP contribution is 2.42. The fourth-order valence-corrected chi connectivity index (χ4v) is 3.23. The molecule has 1 amide bonds. The predicted molar refractivity (Wildman–Crippen MR) is 97.5 cm³/mol. The molecule has 2 unspecified atom stereocenters. The van der Waals surface area contributed by atoms with E-state index in [1.54, 1.807) is 6.20 Å². The van der Waals surface area contributed by atoms with Crippen LogP contribution in [0.1, 0.15) is 79.7 Å². The number of aliphatic hydroxyl groups is 1. The molecule has 25 heavy (non-hydrogen) atoms. The van der Waals surface area contributed by atoms with Gasteiger partial charge in [-0.05, 0) is 45.6 Å². The summed E-state index contributed by atoms with van der Waals surface area (Å²) in [5.74, 6) is 0.359. The largest absolute Gasteiger partial charge is 0.388 e. The van der Waals surface area contributed by atoms with Crippen LogP contribution in [0.3, 0.4) is 0 Å². The standard InChI is InChI=1S/C20H27N3O2/c1-13(2)23-19(16-9-10-16)17(12-21-23)20(25)22-14(3)11-18(24)15-7-5-4-6-8-15/h4-8,12-14,16,18,24H,9-11H2,1-3H3,(H,22,25). The summed E-state index contributed by atoms with van der Waals surface area (Å²) < 4.78 is 1.97. The molecule has 1 aliphatic rings. The second-order valence-electron chi connectivity index (χ2n) is 7.29. The number of rotatable bonds is 7. The lowest BCUT2D eigenvalue weighted by Gasteiger charge is -2.18. The Morgan fingerprint density at radius 2 is 1.96 bits per heavy atom. The topological polar surface area (TPSA) is 67.2 Å². The predicted octanol–water partition coefficient (Wildman–Crippen LogP) is 3.58. The van der Waals surface area contributed by atoms with Crippen molar-refractivity contribution in [1.29, 1.82) is 0 Å². The van der Waals surface area contributed by atoms with Gasteiger partial charge in [-0.3, -0.25) is 9.48 Å². The van der Waals surface area contributed by atoms with Crippen molar-refractivity contribution in [2.45, 2.75) is 64.1 Å². The Morgan fingerprint density at radius 1 is 1.28 bits per heavy atom. The van der Waals surface area contributed by atoms with Crippen molar-refractivity contribution in [3.63, 3.8) is 0 Å². The smallest absolute Gasteiger partial charge is 0.254 e. The molecule has 134 valence electrons. The molecule has 2 aromatic rings. The van der Waals surface area contributed by atoms with Gasteiger partial charge in [-0.25, -0.2) is 0 Å². The zero-order valence-corrected chi connectivity index (χ0v) is 15.1. The summed E-state index contributed by atoms with van der Waals surface area (Å²) in [4.78, 5) is 12.7. The van der Waals surface area contributed by atoms with E-state index in [4.69, 9.17) is 0 Å². The Kier molecular flexibility index (Phi) is 5.23. The van der Waals surface area contributed by atoms with E-state index in [1.807, 2.05) is 41.9 Å². The minimum Gasteiger partial charge on any atom is -0.388 e. The molecule has 1 fully saturated rings. The fourth-order valence-electron chi connectivity index (χ4n) is 3.23. The summed E-state index contributed by atoms with van der Waals surface area (Å²) in [5.41, 5.74) is 2.61. The van der Waals surface area contributed by atoms with E-state index in [2.05, 4.69) is 24.3 Å². The van der Waals surface area contributed by atoms with Crippen LogP contribution in [0.5, 0.6) is 0 Å². The zero-order valence-electron chi connectivity index (χ0n) is 15.1. The summed E-state index contributed by atoms with van der Waals surface area (Å²) >= 11 is 0. The molecular formula is C20H27N3O2. The molecule has 5 nitrogen and oxygen atoms in total. The summed E-state index contributed by atoms with van der Waals surface area (Å²) in [6, 6.07) is 9.65. The van der Waals surface area contributed by atoms with Crippen molar-refractivity contribution in [2.24, 2.45) is 0 Å². The van der Waals surface area contributed by atoms with E-state index in [0.29, 0.717) is 17.9 Å². The van der Waals surface area contributed by atoms with E-state index in [9.17, 15) is 9.90 Å². The van der Waals surface area contributed by atoms with E-state index in [0.717, 1.165) is 24.1 Å². The van der Waals surface area contributed by atoms with Crippen molar-refractivity contribution < 1.29 is 9.90 Å². The third kappa shape index (κ3) is 4.10. The number of hydrogen-bond donors (Lipinski definition) is 2.